The van der Waals surface area contributed by atoms with Gasteiger partial charge in [0, 0.05) is 11.7 Å². The molecule has 0 amide bonds. The molecule has 0 aromatic carbocycles. The van der Waals surface area contributed by atoms with Crippen molar-refractivity contribution in [2.75, 3.05) is 0 Å². The van der Waals surface area contributed by atoms with Crippen LogP contribution in [0.15, 0.2) is 16.7 Å². The summed E-state index contributed by atoms with van der Waals surface area (Å²) in [4.78, 5) is 2.97. The lowest BCUT2D eigenvalue weighted by atomic mass is 9.79. The van der Waals surface area contributed by atoms with E-state index in [9.17, 15) is 8.78 Å². The summed E-state index contributed by atoms with van der Waals surface area (Å²) in [6.07, 6.45) is 2.14. The van der Waals surface area contributed by atoms with E-state index in [1.807, 2.05) is 27.7 Å². The molecule has 17 heavy (non-hydrogen) atoms. The van der Waals surface area contributed by atoms with Crippen molar-refractivity contribution in [2.45, 2.75) is 45.4 Å². The van der Waals surface area contributed by atoms with Gasteiger partial charge in [0.1, 0.15) is 0 Å². The van der Waals surface area contributed by atoms with Crippen LogP contribution in [0.3, 0.4) is 0 Å². The van der Waals surface area contributed by atoms with Gasteiger partial charge in [-0.05, 0) is 33.9 Å². The zero-order valence-electron chi connectivity index (χ0n) is 10.4. The fraction of sp³-hybridized carbons (Fsp3) is 0.700. The van der Waals surface area contributed by atoms with Crippen LogP contribution in [0.25, 0.3) is 0 Å². The van der Waals surface area contributed by atoms with E-state index in [1.54, 1.807) is 0 Å². The first-order valence-corrected chi connectivity index (χ1v) is 5.28. The predicted molar refractivity (Wildman–Crippen MR) is 62.8 cm³/mol. The van der Waals surface area contributed by atoms with Crippen molar-refractivity contribution >= 4 is 13.3 Å². The van der Waals surface area contributed by atoms with E-state index in [-0.39, 0.29) is 5.47 Å². The van der Waals surface area contributed by atoms with Crippen molar-refractivity contribution in [1.82, 2.24) is 0 Å². The number of nitrogens with two attached hydrogens (primary N) is 1. The summed E-state index contributed by atoms with van der Waals surface area (Å²) in [5.41, 5.74) is 4.57. The highest BCUT2D eigenvalue weighted by molar-refractivity contribution is 6.60. The molecule has 96 valence electrons. The number of rotatable bonds is 3. The van der Waals surface area contributed by atoms with Crippen LogP contribution in [-0.4, -0.2) is 31.1 Å². The molecule has 0 bridgehead atoms. The third-order valence-electron chi connectivity index (χ3n) is 3.05. The van der Waals surface area contributed by atoms with E-state index in [0.29, 0.717) is 0 Å². The standard InChI is InChI=1S/C10H17BF2N2O2/c1-9(2)10(3,4)17-11(16-9)7(5-14)6-15-8(12)13/h5-6,8H,14H2,1-4H3. The summed E-state index contributed by atoms with van der Waals surface area (Å²) in [6.45, 7) is 4.69. The van der Waals surface area contributed by atoms with Gasteiger partial charge in [-0.2, -0.15) is 8.78 Å². The van der Waals surface area contributed by atoms with Crippen molar-refractivity contribution in [3.05, 3.63) is 11.7 Å². The number of hydrogen-bond acceptors (Lipinski definition) is 4. The Hall–Kier alpha value is -0.945. The Balaban J connectivity index is 2.82. The van der Waals surface area contributed by atoms with E-state index in [4.69, 9.17) is 15.0 Å². The molecule has 0 aliphatic carbocycles. The van der Waals surface area contributed by atoms with Gasteiger partial charge in [-0.15, -0.1) is 0 Å². The van der Waals surface area contributed by atoms with Crippen molar-refractivity contribution < 1.29 is 18.1 Å². The third kappa shape index (κ3) is 3.04. The van der Waals surface area contributed by atoms with Crippen molar-refractivity contribution in [1.29, 1.82) is 0 Å². The Morgan fingerprint density at radius 3 is 2.06 bits per heavy atom. The van der Waals surface area contributed by atoms with Crippen LogP contribution in [-0.2, 0) is 9.31 Å². The molecule has 4 nitrogen and oxygen atoms in total. The highest BCUT2D eigenvalue weighted by Crippen LogP contribution is 2.38. The van der Waals surface area contributed by atoms with E-state index >= 15 is 0 Å². The fourth-order valence-corrected chi connectivity index (χ4v) is 1.30. The van der Waals surface area contributed by atoms with Crippen LogP contribution in [0, 0.1) is 0 Å². The van der Waals surface area contributed by atoms with Crippen molar-refractivity contribution in [3.63, 3.8) is 0 Å². The van der Waals surface area contributed by atoms with Gasteiger partial charge in [-0.1, -0.05) is 0 Å². The predicted octanol–water partition coefficient (Wildman–Crippen LogP) is 1.75. The van der Waals surface area contributed by atoms with Crippen LogP contribution in [0.2, 0.25) is 0 Å². The second kappa shape index (κ2) is 4.74. The zero-order chi connectivity index (χ0) is 13.3. The van der Waals surface area contributed by atoms with Crippen LogP contribution >= 0.6 is 0 Å². The molecule has 0 aromatic heterocycles. The molecule has 0 saturated carbocycles. The van der Waals surface area contributed by atoms with Gasteiger partial charge < -0.3 is 15.0 Å². The smallest absolute Gasteiger partial charge is 0.405 e. The molecule has 1 fully saturated rings. The van der Waals surface area contributed by atoms with E-state index in [1.165, 1.54) is 0 Å². The Morgan fingerprint density at radius 2 is 1.71 bits per heavy atom. The van der Waals surface area contributed by atoms with E-state index in [2.05, 4.69) is 4.99 Å². The number of hydrogen-bond donors (Lipinski definition) is 1. The second-order valence-electron chi connectivity index (χ2n) is 4.81. The van der Waals surface area contributed by atoms with Crippen LogP contribution < -0.4 is 5.73 Å². The van der Waals surface area contributed by atoms with E-state index in [0.717, 1.165) is 12.4 Å². The molecule has 0 radical (unpaired) electrons. The molecule has 0 aromatic rings. The number of allylic oxidation sites excluding steroid dienone is 1. The maximum Gasteiger partial charge on any atom is 0.497 e. The van der Waals surface area contributed by atoms with Gasteiger partial charge in [0.05, 0.1) is 11.2 Å². The normalized spacial score (nSPS) is 23.9. The fourth-order valence-electron chi connectivity index (χ4n) is 1.30. The Morgan fingerprint density at radius 1 is 1.24 bits per heavy atom. The molecule has 1 heterocycles. The minimum atomic E-state index is -2.77. The minimum Gasteiger partial charge on any atom is -0.405 e. The molecule has 0 unspecified atom stereocenters. The SMILES string of the molecule is CC1(C)OB(C(C=NC(F)F)=CN)OC1(C)C. The number of halogens is 2. The topological polar surface area (TPSA) is 56.8 Å². The molecular formula is C10H17BF2N2O2. The molecule has 2 N–H and O–H groups in total. The summed E-state index contributed by atoms with van der Waals surface area (Å²) >= 11 is 0. The summed E-state index contributed by atoms with van der Waals surface area (Å²) in [5.74, 6) is 0. The van der Waals surface area contributed by atoms with Gasteiger partial charge in [-0.3, -0.25) is 0 Å². The van der Waals surface area contributed by atoms with E-state index < -0.39 is 24.9 Å². The second-order valence-corrected chi connectivity index (χ2v) is 4.81. The molecule has 0 spiro atoms. The summed E-state index contributed by atoms with van der Waals surface area (Å²) < 4.78 is 35.2. The van der Waals surface area contributed by atoms with Gasteiger partial charge in [-0.25, -0.2) is 4.99 Å². The Bertz CT molecular complexity index is 327. The quantitative estimate of drug-likeness (QED) is 0.469. The minimum absolute atomic E-state index is 0.281. The summed E-state index contributed by atoms with van der Waals surface area (Å²) in [5, 5.41) is 0. The average Bonchev–Trinajstić information content (AvgIpc) is 2.36. The molecular weight excluding hydrogens is 229 g/mol. The maximum atomic E-state index is 12.0. The summed E-state index contributed by atoms with van der Waals surface area (Å²) in [6, 6.07) is 0. The molecule has 7 heteroatoms. The lowest BCUT2D eigenvalue weighted by Crippen LogP contribution is -2.41. The van der Waals surface area contributed by atoms with Crippen LogP contribution in [0.4, 0.5) is 8.78 Å². The highest BCUT2D eigenvalue weighted by atomic mass is 19.3. The van der Waals surface area contributed by atoms with Crippen molar-refractivity contribution in [2.24, 2.45) is 10.7 Å². The third-order valence-corrected chi connectivity index (χ3v) is 3.05. The maximum absolute atomic E-state index is 12.0. The van der Waals surface area contributed by atoms with Gasteiger partial charge in [0.25, 0.3) is 0 Å². The van der Waals surface area contributed by atoms with Crippen LogP contribution in [0.5, 0.6) is 0 Å². The molecule has 1 rings (SSSR count). The average molecular weight is 246 g/mol. The van der Waals surface area contributed by atoms with Crippen LogP contribution in [0.1, 0.15) is 27.7 Å². The highest BCUT2D eigenvalue weighted by Gasteiger charge is 2.52. The molecule has 0 atom stereocenters. The molecule has 1 aliphatic heterocycles. The van der Waals surface area contributed by atoms with Gasteiger partial charge >= 0.3 is 13.7 Å². The number of alkyl halides is 2. The van der Waals surface area contributed by atoms with Crippen molar-refractivity contribution in [3.8, 4) is 0 Å². The number of aliphatic imine (C=N–C) groups is 1. The van der Waals surface area contributed by atoms with Gasteiger partial charge in [0.15, 0.2) is 0 Å². The monoisotopic (exact) mass is 246 g/mol. The molecule has 1 aliphatic rings. The molecule has 1 saturated heterocycles. The Kier molecular flexibility index (Phi) is 3.93. The first kappa shape index (κ1) is 14.1. The first-order valence-electron chi connectivity index (χ1n) is 5.28. The van der Waals surface area contributed by atoms with Gasteiger partial charge in [0.2, 0.25) is 0 Å². The lowest BCUT2D eigenvalue weighted by molar-refractivity contribution is 0.00578. The first-order chi connectivity index (χ1) is 7.69. The Labute approximate surface area is 100 Å². The number of nitrogens with zero attached hydrogens (tertiary/aromatic N) is 1. The lowest BCUT2D eigenvalue weighted by Gasteiger charge is -2.32. The zero-order valence-corrected chi connectivity index (χ0v) is 10.4. The largest absolute Gasteiger partial charge is 0.497 e. The summed E-state index contributed by atoms with van der Waals surface area (Å²) in [7, 11) is -0.771.